The predicted molar refractivity (Wildman–Crippen MR) is 25.6 cm³/mol. The van der Waals surface area contributed by atoms with E-state index in [2.05, 4.69) is 15.8 Å². The molecule has 0 heterocycles. The van der Waals surface area contributed by atoms with E-state index in [0.717, 1.165) is 0 Å². The van der Waals surface area contributed by atoms with E-state index in [9.17, 15) is 0 Å². The minimum atomic E-state index is 0. The Morgan fingerprint density at radius 1 is 1.17 bits per heavy atom. The van der Waals surface area contributed by atoms with Gasteiger partial charge in [-0.05, 0) is 0 Å². The molecule has 0 amide bonds. The van der Waals surface area contributed by atoms with E-state index in [1.165, 1.54) is 0 Å². The summed E-state index contributed by atoms with van der Waals surface area (Å²) in [6.07, 6.45) is 0. The van der Waals surface area contributed by atoms with Gasteiger partial charge in [0.05, 0.1) is 0 Å². The zero-order chi connectivity index (χ0) is 2.00. The summed E-state index contributed by atoms with van der Waals surface area (Å²) in [6.45, 7) is 1.81. The van der Waals surface area contributed by atoms with Crippen LogP contribution in [0.2, 0.25) is 0 Å². The zero-order valence-corrected chi connectivity index (χ0v) is 7.69. The fourth-order valence-corrected chi connectivity index (χ4v) is 0. The van der Waals surface area contributed by atoms with Crippen LogP contribution in [0, 0.1) is 0 Å². The average molecular weight is 257 g/mol. The summed E-state index contributed by atoms with van der Waals surface area (Å²) in [7, 11) is 0. The van der Waals surface area contributed by atoms with Gasteiger partial charge in [0.15, 0.2) is 0 Å². The van der Waals surface area contributed by atoms with Crippen LogP contribution in [0.4, 0.5) is 0 Å². The van der Waals surface area contributed by atoms with E-state index in [0.29, 0.717) is 0 Å². The molecule has 0 aromatic carbocycles. The summed E-state index contributed by atoms with van der Waals surface area (Å²) < 4.78 is 0. The molecule has 30 valence electrons. The van der Waals surface area contributed by atoms with Crippen molar-refractivity contribution < 1.29 is 52.4 Å². The van der Waals surface area contributed by atoms with Crippen molar-refractivity contribution in [3.8, 4) is 0 Å². The molecule has 6 heavy (non-hydrogen) atoms. The van der Waals surface area contributed by atoms with Gasteiger partial charge in [0.25, 0.3) is 0 Å². The van der Waals surface area contributed by atoms with Crippen molar-refractivity contribution in [1.29, 1.82) is 0 Å². The third-order valence-electron chi connectivity index (χ3n) is 0. The summed E-state index contributed by atoms with van der Waals surface area (Å²) in [4.78, 5) is 0. The molecule has 0 saturated heterocycles. The molecule has 0 spiro atoms. The molecule has 0 aliphatic carbocycles. The van der Waals surface area contributed by atoms with Crippen LogP contribution in [0.5, 0.6) is 0 Å². The Labute approximate surface area is 117 Å². The van der Waals surface area contributed by atoms with Gasteiger partial charge in [0.2, 0.25) is 0 Å². The molecule has 0 radical (unpaired) electrons. The molecule has 0 atom stereocenters. The Bertz CT molecular complexity index is 15.5. The van der Waals surface area contributed by atoms with Crippen molar-refractivity contribution in [2.45, 2.75) is 0 Å². The Morgan fingerprint density at radius 2 is 1.17 bits per heavy atom. The Hall–Kier alpha value is 3.75. The van der Waals surface area contributed by atoms with E-state index >= 15 is 0 Å². The summed E-state index contributed by atoms with van der Waals surface area (Å²) in [5.74, 6) is 0. The predicted octanol–water partition coefficient (Wildman–Crippen LogP) is -2.76. The van der Waals surface area contributed by atoms with Crippen LogP contribution < -0.4 is 0 Å². The van der Waals surface area contributed by atoms with E-state index in [1.54, 1.807) is 0 Å². The third kappa shape index (κ3) is 25.1. The molecule has 0 aliphatic heterocycles. The van der Waals surface area contributed by atoms with Crippen LogP contribution in [-0.2, 0) is 52.4 Å². The van der Waals surface area contributed by atoms with Crippen molar-refractivity contribution in [3.63, 3.8) is 0 Å². The molecule has 0 saturated carbocycles. The fraction of sp³-hybridized carbons (Fsp3) is 0. The molecule has 0 aliphatic rings. The van der Waals surface area contributed by atoms with E-state index < -0.39 is 0 Å². The molecular formula is H6BCaFeMgMnZn. The molecule has 0 aromatic heterocycles. The molecule has 0 N–H and O–H groups in total. The normalized spacial score (nSPS) is 0.833. The molecule has 6 heteroatoms. The second-order valence-corrected chi connectivity index (χ2v) is 0. The first-order valence-electron chi connectivity index (χ1n) is 0.378. The van der Waals surface area contributed by atoms with Crippen LogP contribution in [0.1, 0.15) is 0 Å². The van der Waals surface area contributed by atoms with Gasteiger partial charge in [-0.15, -0.1) is 0 Å². The third-order valence-corrected chi connectivity index (χ3v) is 0. The second-order valence-electron chi connectivity index (χ2n) is 0. The summed E-state index contributed by atoms with van der Waals surface area (Å²) >= 11 is 2.94. The first-order valence-corrected chi connectivity index (χ1v) is 1.56. The van der Waals surface area contributed by atoms with Crippen molar-refractivity contribution in [3.05, 3.63) is 0 Å². The van der Waals surface area contributed by atoms with Crippen molar-refractivity contribution in [1.82, 2.24) is 0 Å². The van der Waals surface area contributed by atoms with Gasteiger partial charge < -0.3 is 0 Å². The van der Waals surface area contributed by atoms with Gasteiger partial charge in [0.1, 0.15) is 0 Å². The van der Waals surface area contributed by atoms with Crippen LogP contribution >= 0.6 is 0 Å². The summed E-state index contributed by atoms with van der Waals surface area (Å²) in [5.41, 5.74) is 0. The first kappa shape index (κ1) is 33.1. The summed E-state index contributed by atoms with van der Waals surface area (Å²) in [5, 5.41) is 0. The second kappa shape index (κ2) is 37.4. The molecule has 0 aromatic rings. The first-order chi connectivity index (χ1) is 1.00. The maximum absolute atomic E-state index is 2.94. The van der Waals surface area contributed by atoms with E-state index in [-0.39, 0.29) is 97.3 Å². The standard InChI is InChI=1S/BH2.Ca.Fe.Mg.Mn.Zn.4H/h1H2;;;;;;;;;/q+1;;;;-1;;;;;. The van der Waals surface area contributed by atoms with Gasteiger partial charge in [0, 0.05) is 36.5 Å². The summed E-state index contributed by atoms with van der Waals surface area (Å²) in [6, 6.07) is 0. The molecule has 0 nitrogen and oxygen atoms in total. The van der Waals surface area contributed by atoms with Crippen LogP contribution in [-0.4, -0.2) is 67.4 Å². The largest absolute Gasteiger partial charge is 0.316 e. The smallest absolute Gasteiger partial charge is 0 e. The number of rotatable bonds is 0. The molecule has 0 bridgehead atoms. The quantitative estimate of drug-likeness (QED) is 0.413. The zero-order valence-electron chi connectivity index (χ0n) is 2.44. The van der Waals surface area contributed by atoms with Crippen LogP contribution in [0.25, 0.3) is 0 Å². The minimum Gasteiger partial charge on any atom is 0 e. The fourth-order valence-electron chi connectivity index (χ4n) is 0. The number of hydrogen-bond donors (Lipinski definition) is 0. The van der Waals surface area contributed by atoms with Crippen LogP contribution in [0.3, 0.4) is 0 Å². The van der Waals surface area contributed by atoms with Crippen molar-refractivity contribution in [2.24, 2.45) is 0 Å². The van der Waals surface area contributed by atoms with Gasteiger partial charge >= 0.3 is 83.3 Å². The van der Waals surface area contributed by atoms with Gasteiger partial charge in [-0.25, -0.2) is 0 Å². The average Bonchev–Trinajstić information content (AvgIpc) is 1.00. The maximum Gasteiger partial charge on any atom is 0.316 e. The van der Waals surface area contributed by atoms with Gasteiger partial charge in [-0.1, -0.05) is 0 Å². The Morgan fingerprint density at radius 3 is 1.17 bits per heavy atom. The maximum atomic E-state index is 2.94. The minimum absolute atomic E-state index is 0. The van der Waals surface area contributed by atoms with Crippen LogP contribution in [0.15, 0.2) is 0 Å². The van der Waals surface area contributed by atoms with E-state index in [4.69, 9.17) is 0 Å². The Kier molecular flexibility index (Phi) is 206. The van der Waals surface area contributed by atoms with E-state index in [1.807, 2.05) is 6.66 Å². The molecular weight excluding hydrogens is 251 g/mol. The van der Waals surface area contributed by atoms with Gasteiger partial charge in [-0.2, -0.15) is 0 Å². The van der Waals surface area contributed by atoms with Crippen molar-refractivity contribution in [2.75, 3.05) is 0 Å². The Balaban J connectivity index is -0.000000000833. The molecule has 0 fully saturated rings. The molecule has 0 rings (SSSR count). The molecule has 0 unspecified atom stereocenters. The SMILES string of the molecule is [BH2][Mn].[CaH2].[Fe].[MgH2].[Zn]. The van der Waals surface area contributed by atoms with Crippen molar-refractivity contribution >= 4 is 67.4 Å². The monoisotopic (exact) mass is 256 g/mol. The van der Waals surface area contributed by atoms with Gasteiger partial charge in [-0.3, -0.25) is 0 Å². The number of hydrogen-bond acceptors (Lipinski definition) is 0. The topological polar surface area (TPSA) is 0 Å².